The molecular weight excluding hydrogens is 921 g/mol. The van der Waals surface area contributed by atoms with Crippen LogP contribution in [0.4, 0.5) is 45.5 Å². The van der Waals surface area contributed by atoms with Gasteiger partial charge in [0.25, 0.3) is 0 Å². The average Bonchev–Trinajstić information content (AvgIpc) is 3.64. The lowest BCUT2D eigenvalue weighted by Gasteiger charge is -2.34. The van der Waals surface area contributed by atoms with Crippen LogP contribution in [-0.4, -0.2) is 0 Å². The lowest BCUT2D eigenvalue weighted by molar-refractivity contribution is 1.28. The summed E-state index contributed by atoms with van der Waals surface area (Å²) >= 11 is 0. The molecule has 4 N–H and O–H groups in total. The molecule has 76 heavy (non-hydrogen) atoms. The number of rotatable bonds is 13. The van der Waals surface area contributed by atoms with Gasteiger partial charge in [-0.1, -0.05) is 243 Å². The summed E-state index contributed by atoms with van der Waals surface area (Å²) in [5.41, 5.74) is 36.7. The number of hydrogen-bond donors (Lipinski definition) is 2. The SMILES string of the molecule is Nc1c(N)c(-c2c(-c3ccccc3)cccc2N(c2ccccc2)c2ccccc2)c(-c2c(-c3ccccc3)cccc2N(c2ccccc2)c2ccccc2)c(-c2ccccc2)c1-c1ccccc1-c1ccccc1. The summed E-state index contributed by atoms with van der Waals surface area (Å²) in [4.78, 5) is 4.74. The van der Waals surface area contributed by atoms with Gasteiger partial charge in [-0.3, -0.25) is 0 Å². The van der Waals surface area contributed by atoms with Gasteiger partial charge >= 0.3 is 0 Å². The number of nitrogens with two attached hydrogens (primary N) is 2. The molecule has 0 aliphatic carbocycles. The molecule has 12 aromatic rings. The van der Waals surface area contributed by atoms with Crippen molar-refractivity contribution in [2.75, 3.05) is 21.3 Å². The zero-order valence-electron chi connectivity index (χ0n) is 41.9. The zero-order chi connectivity index (χ0) is 51.2. The van der Waals surface area contributed by atoms with E-state index in [2.05, 4.69) is 313 Å². The van der Waals surface area contributed by atoms with E-state index in [0.717, 1.165) is 112 Å². The molecule has 0 bridgehead atoms. The lowest BCUT2D eigenvalue weighted by atomic mass is 9.76. The molecule has 0 saturated carbocycles. The highest BCUT2D eigenvalue weighted by Gasteiger charge is 2.34. The summed E-state index contributed by atoms with van der Waals surface area (Å²) < 4.78 is 0. The van der Waals surface area contributed by atoms with Gasteiger partial charge in [-0.25, -0.2) is 0 Å². The van der Waals surface area contributed by atoms with Crippen molar-refractivity contribution in [1.82, 2.24) is 0 Å². The van der Waals surface area contributed by atoms with Gasteiger partial charge in [-0.15, -0.1) is 0 Å². The first kappa shape index (κ1) is 46.9. The van der Waals surface area contributed by atoms with Gasteiger partial charge in [0.1, 0.15) is 0 Å². The Labute approximate surface area is 445 Å². The fourth-order valence-electron chi connectivity index (χ4n) is 10.9. The van der Waals surface area contributed by atoms with Crippen molar-refractivity contribution in [1.29, 1.82) is 0 Å². The fourth-order valence-corrected chi connectivity index (χ4v) is 10.9. The van der Waals surface area contributed by atoms with E-state index in [1.807, 2.05) is 0 Å². The second-order valence-electron chi connectivity index (χ2n) is 18.7. The molecule has 0 aliphatic rings. The number of para-hydroxylation sites is 4. The highest BCUT2D eigenvalue weighted by molar-refractivity contribution is 6.20. The van der Waals surface area contributed by atoms with Gasteiger partial charge in [0.15, 0.2) is 0 Å². The van der Waals surface area contributed by atoms with Gasteiger partial charge in [0, 0.05) is 56.1 Å². The molecule has 0 unspecified atom stereocenters. The number of nitrogen functional groups attached to an aromatic ring is 2. The van der Waals surface area contributed by atoms with Crippen molar-refractivity contribution in [2.24, 2.45) is 0 Å². The van der Waals surface area contributed by atoms with E-state index in [1.165, 1.54) is 0 Å². The maximum absolute atomic E-state index is 8.20. The molecular formula is C72H54N4. The zero-order valence-corrected chi connectivity index (χ0v) is 41.9. The first-order chi connectivity index (χ1) is 37.6. The van der Waals surface area contributed by atoms with Gasteiger partial charge in [-0.05, 0) is 105 Å². The van der Waals surface area contributed by atoms with Crippen LogP contribution in [0.3, 0.4) is 0 Å². The normalized spacial score (nSPS) is 11.0. The third-order valence-electron chi connectivity index (χ3n) is 14.2. The minimum absolute atomic E-state index is 0.470. The molecule has 362 valence electrons. The minimum atomic E-state index is 0.470. The lowest BCUT2D eigenvalue weighted by Crippen LogP contribution is -2.15. The van der Waals surface area contributed by atoms with Crippen LogP contribution >= 0.6 is 0 Å². The molecule has 0 atom stereocenters. The Morgan fingerprint density at radius 2 is 0.461 bits per heavy atom. The second-order valence-corrected chi connectivity index (χ2v) is 18.7. The number of hydrogen-bond acceptors (Lipinski definition) is 4. The smallest absolute Gasteiger partial charge is 0.0641 e. The van der Waals surface area contributed by atoms with Crippen LogP contribution in [0.1, 0.15) is 0 Å². The van der Waals surface area contributed by atoms with Crippen LogP contribution in [-0.2, 0) is 0 Å². The molecule has 0 spiro atoms. The minimum Gasteiger partial charge on any atom is -0.397 e. The summed E-state index contributed by atoms with van der Waals surface area (Å²) in [5.74, 6) is 0. The van der Waals surface area contributed by atoms with Gasteiger partial charge in [0.2, 0.25) is 0 Å². The van der Waals surface area contributed by atoms with Gasteiger partial charge in [-0.2, -0.15) is 0 Å². The molecule has 0 aromatic heterocycles. The van der Waals surface area contributed by atoms with Crippen molar-refractivity contribution in [2.45, 2.75) is 0 Å². The average molecular weight is 975 g/mol. The van der Waals surface area contributed by atoms with Crippen molar-refractivity contribution >= 4 is 45.5 Å². The Kier molecular flexibility index (Phi) is 13.0. The molecule has 4 nitrogen and oxygen atoms in total. The highest BCUT2D eigenvalue weighted by Crippen LogP contribution is 2.60. The first-order valence-electron chi connectivity index (χ1n) is 25.8. The van der Waals surface area contributed by atoms with Crippen LogP contribution in [0.15, 0.2) is 303 Å². The summed E-state index contributed by atoms with van der Waals surface area (Å²) in [7, 11) is 0. The maximum atomic E-state index is 8.20. The van der Waals surface area contributed by atoms with E-state index < -0.39 is 0 Å². The molecule has 0 fully saturated rings. The Morgan fingerprint density at radius 1 is 0.184 bits per heavy atom. The summed E-state index contributed by atoms with van der Waals surface area (Å²) in [6, 6.07) is 107. The topological polar surface area (TPSA) is 58.5 Å². The van der Waals surface area contributed by atoms with Crippen LogP contribution in [0.25, 0.3) is 77.9 Å². The van der Waals surface area contributed by atoms with Crippen LogP contribution in [0.5, 0.6) is 0 Å². The summed E-state index contributed by atoms with van der Waals surface area (Å²) in [6.07, 6.45) is 0. The molecule has 0 heterocycles. The molecule has 0 radical (unpaired) electrons. The standard InChI is InChI=1S/C72H54N4/c73-71-68(62-46-26-25-45-59(62)51-29-9-1-10-30-51)65(54-35-15-4-16-36-54)69(66-60(52-31-11-2-12-32-52)47-27-49-63(66)75(55-37-17-5-18-38-55)56-39-19-6-20-40-56)70(72(71)74)67-61(53-33-13-3-14-34-53)48-28-50-64(67)76(57-41-21-7-22-42-57)58-43-23-8-24-44-58/h1-50H,73-74H2. The molecule has 0 aliphatic heterocycles. The van der Waals surface area contributed by atoms with Crippen molar-refractivity contribution < 1.29 is 0 Å². The van der Waals surface area contributed by atoms with Crippen molar-refractivity contribution in [3.8, 4) is 77.9 Å². The predicted octanol–water partition coefficient (Wildman–Crippen LogP) is 19.5. The maximum Gasteiger partial charge on any atom is 0.0641 e. The number of nitrogens with zero attached hydrogens (tertiary/aromatic N) is 2. The van der Waals surface area contributed by atoms with E-state index in [0.29, 0.717) is 11.4 Å². The van der Waals surface area contributed by atoms with E-state index in [4.69, 9.17) is 11.5 Å². The van der Waals surface area contributed by atoms with E-state index in [9.17, 15) is 0 Å². The Bertz CT molecular complexity index is 3830. The van der Waals surface area contributed by atoms with Gasteiger partial charge in [0.05, 0.1) is 22.7 Å². The van der Waals surface area contributed by atoms with E-state index >= 15 is 0 Å². The van der Waals surface area contributed by atoms with Crippen molar-refractivity contribution in [3.05, 3.63) is 303 Å². The molecule has 12 rings (SSSR count). The predicted molar refractivity (Wildman–Crippen MR) is 323 cm³/mol. The Balaban J connectivity index is 1.35. The quantitative estimate of drug-likeness (QED) is 0.113. The second kappa shape index (κ2) is 21.1. The summed E-state index contributed by atoms with van der Waals surface area (Å²) in [5, 5.41) is 0. The largest absolute Gasteiger partial charge is 0.397 e. The van der Waals surface area contributed by atoms with Crippen molar-refractivity contribution in [3.63, 3.8) is 0 Å². The molecule has 12 aromatic carbocycles. The first-order valence-corrected chi connectivity index (χ1v) is 25.8. The molecule has 0 amide bonds. The Morgan fingerprint density at radius 3 is 0.842 bits per heavy atom. The molecule has 4 heteroatoms. The van der Waals surface area contributed by atoms with E-state index in [-0.39, 0.29) is 0 Å². The number of benzene rings is 12. The third kappa shape index (κ3) is 8.84. The highest BCUT2D eigenvalue weighted by atomic mass is 15.2. The Hall–Kier alpha value is -10.2. The van der Waals surface area contributed by atoms with Crippen LogP contribution in [0, 0.1) is 0 Å². The number of anilines is 8. The van der Waals surface area contributed by atoms with Crippen LogP contribution < -0.4 is 21.3 Å². The molecule has 0 saturated heterocycles. The van der Waals surface area contributed by atoms with Gasteiger partial charge < -0.3 is 21.3 Å². The summed E-state index contributed by atoms with van der Waals surface area (Å²) in [6.45, 7) is 0. The van der Waals surface area contributed by atoms with Crippen LogP contribution in [0.2, 0.25) is 0 Å². The third-order valence-corrected chi connectivity index (χ3v) is 14.2. The monoisotopic (exact) mass is 974 g/mol. The van der Waals surface area contributed by atoms with E-state index in [1.54, 1.807) is 0 Å². The fraction of sp³-hybridized carbons (Fsp3) is 0.